The number of amides is 1. The molecular formula is C19H19F3N2O3S2. The number of rotatable bonds is 6. The first-order chi connectivity index (χ1) is 13.8. The van der Waals surface area contributed by atoms with Crippen molar-refractivity contribution >= 4 is 33.4 Å². The first-order valence-electron chi connectivity index (χ1n) is 8.93. The van der Waals surface area contributed by atoms with Gasteiger partial charge >= 0.3 is 0 Å². The largest absolute Gasteiger partial charge is 0.322 e. The van der Waals surface area contributed by atoms with E-state index in [1.165, 1.54) is 34.6 Å². The lowest BCUT2D eigenvalue weighted by molar-refractivity contribution is 0.102. The van der Waals surface area contributed by atoms with E-state index in [4.69, 9.17) is 0 Å². The van der Waals surface area contributed by atoms with E-state index in [2.05, 4.69) is 5.32 Å². The highest BCUT2D eigenvalue weighted by Gasteiger charge is 2.29. The summed E-state index contributed by atoms with van der Waals surface area (Å²) in [5, 5.41) is 2.55. The van der Waals surface area contributed by atoms with Crippen LogP contribution in [0.1, 0.15) is 29.6 Å². The van der Waals surface area contributed by atoms with E-state index in [1.54, 1.807) is 0 Å². The lowest BCUT2D eigenvalue weighted by Gasteiger charge is -2.26. The molecule has 0 radical (unpaired) electrons. The number of halogens is 3. The molecule has 5 nitrogen and oxygen atoms in total. The fraction of sp³-hybridized carbons (Fsp3) is 0.316. The van der Waals surface area contributed by atoms with Gasteiger partial charge in [0.2, 0.25) is 10.0 Å². The molecule has 1 N–H and O–H groups in total. The van der Waals surface area contributed by atoms with Crippen molar-refractivity contribution in [3.63, 3.8) is 0 Å². The molecule has 0 saturated carbocycles. The van der Waals surface area contributed by atoms with Gasteiger partial charge in [0.25, 0.3) is 11.7 Å². The molecule has 0 atom stereocenters. The Bertz CT molecular complexity index is 977. The standard InChI is InChI=1S/C19H19F3N2O3S2/c20-16-9-4-13(12-17(16)29(26,27)24-10-2-1-3-11-24)18(25)23-14-5-7-15(8-6-14)28-19(21)22/h4-9,12,19H,1-3,10-11H2,(H,23,25). The van der Waals surface area contributed by atoms with Crippen molar-refractivity contribution in [3.05, 3.63) is 53.8 Å². The van der Waals surface area contributed by atoms with Gasteiger partial charge in [-0.2, -0.15) is 13.1 Å². The molecule has 3 rings (SSSR count). The lowest BCUT2D eigenvalue weighted by atomic mass is 10.2. The van der Waals surface area contributed by atoms with Gasteiger partial charge in [-0.15, -0.1) is 0 Å². The Morgan fingerprint density at radius 3 is 2.31 bits per heavy atom. The fourth-order valence-corrected chi connectivity index (χ4v) is 5.12. The van der Waals surface area contributed by atoms with Crippen LogP contribution in [0.25, 0.3) is 0 Å². The van der Waals surface area contributed by atoms with Gasteiger partial charge in [-0.1, -0.05) is 18.2 Å². The number of carbonyl (C=O) groups excluding carboxylic acids is 1. The van der Waals surface area contributed by atoms with Gasteiger partial charge in [0.15, 0.2) is 0 Å². The van der Waals surface area contributed by atoms with E-state index in [0.717, 1.165) is 18.6 Å². The van der Waals surface area contributed by atoms with Crippen molar-refractivity contribution < 1.29 is 26.4 Å². The number of hydrogen-bond donors (Lipinski definition) is 1. The molecule has 0 aromatic heterocycles. The van der Waals surface area contributed by atoms with E-state index in [9.17, 15) is 26.4 Å². The number of hydrogen-bond acceptors (Lipinski definition) is 4. The van der Waals surface area contributed by atoms with Gasteiger partial charge in [0, 0.05) is 29.2 Å². The molecule has 0 bridgehead atoms. The average Bonchev–Trinajstić information content (AvgIpc) is 2.70. The molecule has 2 aromatic carbocycles. The van der Waals surface area contributed by atoms with Gasteiger partial charge in [-0.25, -0.2) is 12.8 Å². The number of alkyl halides is 2. The van der Waals surface area contributed by atoms with Crippen LogP contribution in [-0.2, 0) is 10.0 Å². The summed E-state index contributed by atoms with van der Waals surface area (Å²) in [6, 6.07) is 8.95. The Balaban J connectivity index is 1.79. The second-order valence-corrected chi connectivity index (χ2v) is 9.44. The number of piperidine rings is 1. The molecule has 2 aromatic rings. The predicted molar refractivity (Wildman–Crippen MR) is 105 cm³/mol. The predicted octanol–water partition coefficient (Wildman–Crippen LogP) is 4.57. The Kier molecular flexibility index (Phi) is 6.86. The van der Waals surface area contributed by atoms with Crippen molar-refractivity contribution in [2.24, 2.45) is 0 Å². The summed E-state index contributed by atoms with van der Waals surface area (Å²) in [4.78, 5) is 12.3. The van der Waals surface area contributed by atoms with Crippen molar-refractivity contribution in [2.75, 3.05) is 18.4 Å². The zero-order chi connectivity index (χ0) is 21.0. The number of sulfonamides is 1. The summed E-state index contributed by atoms with van der Waals surface area (Å²) in [5.74, 6) is -4.09. The van der Waals surface area contributed by atoms with E-state index in [1.807, 2.05) is 0 Å². The molecule has 0 aliphatic carbocycles. The van der Waals surface area contributed by atoms with Crippen LogP contribution in [0.15, 0.2) is 52.3 Å². The van der Waals surface area contributed by atoms with Crippen LogP contribution in [0, 0.1) is 5.82 Å². The summed E-state index contributed by atoms with van der Waals surface area (Å²) in [5.41, 5.74) is 0.325. The Morgan fingerprint density at radius 1 is 1.03 bits per heavy atom. The summed E-state index contributed by atoms with van der Waals surface area (Å²) in [7, 11) is -4.03. The van der Waals surface area contributed by atoms with Crippen molar-refractivity contribution in [3.8, 4) is 0 Å². The molecule has 0 spiro atoms. The van der Waals surface area contributed by atoms with Crippen molar-refractivity contribution in [1.29, 1.82) is 0 Å². The van der Waals surface area contributed by atoms with Crippen molar-refractivity contribution in [1.82, 2.24) is 4.31 Å². The molecule has 1 heterocycles. The molecule has 1 fully saturated rings. The van der Waals surface area contributed by atoms with E-state index in [-0.39, 0.29) is 5.56 Å². The normalized spacial score (nSPS) is 15.4. The Hall–Kier alpha value is -2.04. The molecule has 1 aliphatic rings. The Morgan fingerprint density at radius 2 is 1.69 bits per heavy atom. The van der Waals surface area contributed by atoms with Crippen LogP contribution in [-0.4, -0.2) is 37.5 Å². The second kappa shape index (κ2) is 9.19. The molecule has 29 heavy (non-hydrogen) atoms. The maximum absolute atomic E-state index is 14.3. The van der Waals surface area contributed by atoms with E-state index < -0.39 is 32.4 Å². The number of anilines is 1. The van der Waals surface area contributed by atoms with Gasteiger partial charge in [0.1, 0.15) is 10.7 Å². The fourth-order valence-electron chi connectivity index (χ4n) is 3.01. The third-order valence-corrected chi connectivity index (χ3v) is 7.10. The first kappa shape index (κ1) is 21.7. The molecule has 1 aliphatic heterocycles. The van der Waals surface area contributed by atoms with Crippen LogP contribution in [0.4, 0.5) is 18.9 Å². The third kappa shape index (κ3) is 5.31. The molecule has 1 amide bonds. The first-order valence-corrected chi connectivity index (χ1v) is 11.3. The SMILES string of the molecule is O=C(Nc1ccc(SC(F)F)cc1)c1ccc(F)c(S(=O)(=O)N2CCCCC2)c1. The van der Waals surface area contributed by atoms with Crippen LogP contribution >= 0.6 is 11.8 Å². The monoisotopic (exact) mass is 444 g/mol. The highest BCUT2D eigenvalue weighted by atomic mass is 32.2. The maximum atomic E-state index is 14.3. The quantitative estimate of drug-likeness (QED) is 0.663. The van der Waals surface area contributed by atoms with Gasteiger partial charge in [-0.3, -0.25) is 4.79 Å². The highest BCUT2D eigenvalue weighted by molar-refractivity contribution is 7.99. The van der Waals surface area contributed by atoms with Crippen LogP contribution in [0.2, 0.25) is 0 Å². The summed E-state index contributed by atoms with van der Waals surface area (Å²) in [6.07, 6.45) is 2.34. The average molecular weight is 445 g/mol. The number of nitrogens with one attached hydrogen (secondary N) is 1. The number of nitrogens with zero attached hydrogens (tertiary/aromatic N) is 1. The van der Waals surface area contributed by atoms with Crippen LogP contribution in [0.5, 0.6) is 0 Å². The van der Waals surface area contributed by atoms with Gasteiger partial charge in [-0.05, 0) is 55.3 Å². The second-order valence-electron chi connectivity index (χ2n) is 6.47. The van der Waals surface area contributed by atoms with Gasteiger partial charge < -0.3 is 5.32 Å². The van der Waals surface area contributed by atoms with E-state index >= 15 is 0 Å². The summed E-state index contributed by atoms with van der Waals surface area (Å²) >= 11 is 0.383. The number of benzene rings is 2. The van der Waals surface area contributed by atoms with Gasteiger partial charge in [0.05, 0.1) is 0 Å². The van der Waals surface area contributed by atoms with E-state index in [0.29, 0.717) is 48.3 Å². The molecule has 1 saturated heterocycles. The molecule has 10 heteroatoms. The number of carbonyl (C=O) groups is 1. The third-order valence-electron chi connectivity index (χ3n) is 4.46. The zero-order valence-electron chi connectivity index (χ0n) is 15.3. The van der Waals surface area contributed by atoms with Crippen LogP contribution < -0.4 is 5.32 Å². The molecule has 0 unspecified atom stereocenters. The minimum Gasteiger partial charge on any atom is -0.322 e. The lowest BCUT2D eigenvalue weighted by Crippen LogP contribution is -2.36. The molecular weight excluding hydrogens is 425 g/mol. The minimum absolute atomic E-state index is 0.0204. The summed E-state index contributed by atoms with van der Waals surface area (Å²) in [6.45, 7) is 0.641. The van der Waals surface area contributed by atoms with Crippen molar-refractivity contribution in [2.45, 2.75) is 34.8 Å². The smallest absolute Gasteiger partial charge is 0.288 e. The topological polar surface area (TPSA) is 66.5 Å². The number of thioether (sulfide) groups is 1. The van der Waals surface area contributed by atoms with Crippen LogP contribution in [0.3, 0.4) is 0 Å². The maximum Gasteiger partial charge on any atom is 0.288 e. The Labute approximate surface area is 171 Å². The minimum atomic E-state index is -4.03. The molecule has 156 valence electrons. The zero-order valence-corrected chi connectivity index (χ0v) is 16.9. The summed E-state index contributed by atoms with van der Waals surface area (Å²) < 4.78 is 65.7. The highest BCUT2D eigenvalue weighted by Crippen LogP contribution is 2.27.